The molecule has 2 N–H and O–H groups in total. The van der Waals surface area contributed by atoms with Crippen molar-refractivity contribution in [1.29, 1.82) is 0 Å². The topological polar surface area (TPSA) is 42.1 Å². The highest BCUT2D eigenvalue weighted by molar-refractivity contribution is 5.79. The van der Waals surface area contributed by atoms with Gasteiger partial charge in [0.05, 0.1) is 5.52 Å². The van der Waals surface area contributed by atoms with E-state index in [1.165, 1.54) is 36.8 Å². The second kappa shape index (κ2) is 5.90. The van der Waals surface area contributed by atoms with Crippen molar-refractivity contribution < 1.29 is 0 Å². The van der Waals surface area contributed by atoms with Gasteiger partial charge in [0, 0.05) is 30.2 Å². The average Bonchev–Trinajstić information content (AvgIpc) is 2.96. The molecule has 0 amide bonds. The molecule has 1 fully saturated rings. The van der Waals surface area contributed by atoms with E-state index in [4.69, 9.17) is 5.73 Å². The van der Waals surface area contributed by atoms with Crippen molar-refractivity contribution in [3.63, 3.8) is 0 Å². The molecule has 2 atom stereocenters. The zero-order valence-corrected chi connectivity index (χ0v) is 12.1. The van der Waals surface area contributed by atoms with Crippen LogP contribution in [0.2, 0.25) is 0 Å². The number of hydrogen-bond acceptors (Lipinski definition) is 3. The van der Waals surface area contributed by atoms with Gasteiger partial charge in [-0.2, -0.15) is 0 Å². The molecule has 3 rings (SSSR count). The predicted molar refractivity (Wildman–Crippen MR) is 83.6 cm³/mol. The maximum absolute atomic E-state index is 6.09. The lowest BCUT2D eigenvalue weighted by molar-refractivity contribution is 0.180. The van der Waals surface area contributed by atoms with Gasteiger partial charge in [-0.3, -0.25) is 9.88 Å². The SMILES string of the molecule is CCC1CCCN1C(CN)c1ccc2ncccc2c1. The van der Waals surface area contributed by atoms with E-state index in [9.17, 15) is 0 Å². The first-order valence-electron chi connectivity index (χ1n) is 7.64. The second-order valence-corrected chi connectivity index (χ2v) is 5.65. The molecule has 0 aliphatic carbocycles. The lowest BCUT2D eigenvalue weighted by Crippen LogP contribution is -2.37. The molecule has 20 heavy (non-hydrogen) atoms. The molecule has 1 saturated heterocycles. The van der Waals surface area contributed by atoms with Crippen LogP contribution in [-0.2, 0) is 0 Å². The number of benzene rings is 1. The normalized spacial score (nSPS) is 21.4. The molecule has 0 spiro atoms. The Balaban J connectivity index is 1.94. The second-order valence-electron chi connectivity index (χ2n) is 5.65. The van der Waals surface area contributed by atoms with Crippen LogP contribution in [0.25, 0.3) is 10.9 Å². The summed E-state index contributed by atoms with van der Waals surface area (Å²) in [5.41, 5.74) is 8.47. The van der Waals surface area contributed by atoms with Gasteiger partial charge in [-0.15, -0.1) is 0 Å². The van der Waals surface area contributed by atoms with Crippen LogP contribution in [-0.4, -0.2) is 29.0 Å². The Hall–Kier alpha value is -1.45. The van der Waals surface area contributed by atoms with Crippen molar-refractivity contribution in [3.8, 4) is 0 Å². The standard InChI is InChI=1S/C17H23N3/c1-2-15-6-4-10-20(15)17(12-18)14-7-8-16-13(11-14)5-3-9-19-16/h3,5,7-9,11,15,17H,2,4,6,10,12,18H2,1H3. The number of nitrogens with two attached hydrogens (primary N) is 1. The number of rotatable bonds is 4. The summed E-state index contributed by atoms with van der Waals surface area (Å²) in [5.74, 6) is 0. The van der Waals surface area contributed by atoms with E-state index in [2.05, 4.69) is 41.1 Å². The molecule has 3 heteroatoms. The van der Waals surface area contributed by atoms with Gasteiger partial charge in [0.2, 0.25) is 0 Å². The Labute approximate surface area is 120 Å². The number of likely N-dealkylation sites (tertiary alicyclic amines) is 1. The average molecular weight is 269 g/mol. The van der Waals surface area contributed by atoms with Crippen molar-refractivity contribution in [1.82, 2.24) is 9.88 Å². The highest BCUT2D eigenvalue weighted by Gasteiger charge is 2.29. The van der Waals surface area contributed by atoms with Crippen molar-refractivity contribution in [2.24, 2.45) is 5.73 Å². The molecule has 0 bridgehead atoms. The van der Waals surface area contributed by atoms with Crippen molar-refractivity contribution in [2.45, 2.75) is 38.3 Å². The first-order chi connectivity index (χ1) is 9.83. The molecule has 1 aliphatic heterocycles. The van der Waals surface area contributed by atoms with E-state index in [0.29, 0.717) is 18.6 Å². The van der Waals surface area contributed by atoms with E-state index in [1.54, 1.807) is 0 Å². The molecule has 0 saturated carbocycles. The molecule has 2 heterocycles. The predicted octanol–water partition coefficient (Wildman–Crippen LogP) is 3.11. The number of aromatic nitrogens is 1. The Morgan fingerprint density at radius 3 is 3.10 bits per heavy atom. The molecule has 0 radical (unpaired) electrons. The lowest BCUT2D eigenvalue weighted by Gasteiger charge is -2.32. The van der Waals surface area contributed by atoms with Gasteiger partial charge >= 0.3 is 0 Å². The van der Waals surface area contributed by atoms with Gasteiger partial charge in [0.1, 0.15) is 0 Å². The lowest BCUT2D eigenvalue weighted by atomic mass is 10.0. The Morgan fingerprint density at radius 2 is 2.30 bits per heavy atom. The molecule has 3 nitrogen and oxygen atoms in total. The summed E-state index contributed by atoms with van der Waals surface area (Å²) in [6, 6.07) is 11.7. The minimum Gasteiger partial charge on any atom is -0.329 e. The first kappa shape index (κ1) is 13.5. The van der Waals surface area contributed by atoms with Crippen LogP contribution in [0.15, 0.2) is 36.5 Å². The van der Waals surface area contributed by atoms with Crippen LogP contribution in [0.3, 0.4) is 0 Å². The maximum Gasteiger partial charge on any atom is 0.0702 e. The smallest absolute Gasteiger partial charge is 0.0702 e. The quantitative estimate of drug-likeness (QED) is 0.927. The minimum atomic E-state index is 0.340. The molecule has 1 aliphatic rings. The number of nitrogens with zero attached hydrogens (tertiary/aromatic N) is 2. The molecule has 106 valence electrons. The van der Waals surface area contributed by atoms with Crippen molar-refractivity contribution >= 4 is 10.9 Å². The van der Waals surface area contributed by atoms with Gasteiger partial charge < -0.3 is 5.73 Å². The third-order valence-corrected chi connectivity index (χ3v) is 4.53. The molecular weight excluding hydrogens is 246 g/mol. The summed E-state index contributed by atoms with van der Waals surface area (Å²) in [7, 11) is 0. The minimum absolute atomic E-state index is 0.340. The highest BCUT2D eigenvalue weighted by atomic mass is 15.2. The summed E-state index contributed by atoms with van der Waals surface area (Å²) >= 11 is 0. The number of fused-ring (bicyclic) bond motifs is 1. The molecule has 1 aromatic carbocycles. The van der Waals surface area contributed by atoms with E-state index in [1.807, 2.05) is 12.3 Å². The highest BCUT2D eigenvalue weighted by Crippen LogP contribution is 2.31. The Bertz CT molecular complexity index is 581. The van der Waals surface area contributed by atoms with Crippen LogP contribution in [0, 0.1) is 0 Å². The maximum atomic E-state index is 6.09. The summed E-state index contributed by atoms with van der Waals surface area (Å²) in [6.07, 6.45) is 5.66. The Kier molecular flexibility index (Phi) is 3.99. The van der Waals surface area contributed by atoms with Crippen LogP contribution < -0.4 is 5.73 Å². The Morgan fingerprint density at radius 1 is 1.40 bits per heavy atom. The molecular formula is C17H23N3. The zero-order valence-electron chi connectivity index (χ0n) is 12.1. The van der Waals surface area contributed by atoms with Crippen LogP contribution in [0.1, 0.15) is 37.8 Å². The fourth-order valence-corrected chi connectivity index (χ4v) is 3.47. The van der Waals surface area contributed by atoms with Gasteiger partial charge in [-0.05, 0) is 49.6 Å². The monoisotopic (exact) mass is 269 g/mol. The third-order valence-electron chi connectivity index (χ3n) is 4.53. The first-order valence-corrected chi connectivity index (χ1v) is 7.64. The van der Waals surface area contributed by atoms with Gasteiger partial charge in [-0.25, -0.2) is 0 Å². The zero-order chi connectivity index (χ0) is 13.9. The fourth-order valence-electron chi connectivity index (χ4n) is 3.47. The molecule has 2 unspecified atom stereocenters. The number of pyridine rings is 1. The van der Waals surface area contributed by atoms with Gasteiger partial charge in [0.15, 0.2) is 0 Å². The van der Waals surface area contributed by atoms with E-state index < -0.39 is 0 Å². The third kappa shape index (κ3) is 2.43. The van der Waals surface area contributed by atoms with Crippen LogP contribution in [0.5, 0.6) is 0 Å². The van der Waals surface area contributed by atoms with Crippen molar-refractivity contribution in [2.75, 3.05) is 13.1 Å². The van der Waals surface area contributed by atoms with E-state index >= 15 is 0 Å². The van der Waals surface area contributed by atoms with Gasteiger partial charge in [0.25, 0.3) is 0 Å². The summed E-state index contributed by atoms with van der Waals surface area (Å²) < 4.78 is 0. The fraction of sp³-hybridized carbons (Fsp3) is 0.471. The van der Waals surface area contributed by atoms with E-state index in [-0.39, 0.29) is 0 Å². The molecule has 1 aromatic heterocycles. The van der Waals surface area contributed by atoms with Crippen LogP contribution in [0.4, 0.5) is 0 Å². The van der Waals surface area contributed by atoms with Crippen molar-refractivity contribution in [3.05, 3.63) is 42.1 Å². The summed E-state index contributed by atoms with van der Waals surface area (Å²) in [4.78, 5) is 6.99. The van der Waals surface area contributed by atoms with Crippen LogP contribution >= 0.6 is 0 Å². The van der Waals surface area contributed by atoms with E-state index in [0.717, 1.165) is 5.52 Å². The summed E-state index contributed by atoms with van der Waals surface area (Å²) in [6.45, 7) is 4.13. The summed E-state index contributed by atoms with van der Waals surface area (Å²) in [5, 5.41) is 1.20. The molecule has 2 aromatic rings. The largest absolute Gasteiger partial charge is 0.329 e. The number of hydrogen-bond donors (Lipinski definition) is 1. The van der Waals surface area contributed by atoms with Gasteiger partial charge in [-0.1, -0.05) is 19.1 Å².